The summed E-state index contributed by atoms with van der Waals surface area (Å²) >= 11 is 0. The van der Waals surface area contributed by atoms with Crippen molar-refractivity contribution in [1.29, 1.82) is 0 Å². The maximum absolute atomic E-state index is 12.0. The van der Waals surface area contributed by atoms with Crippen LogP contribution in [0.2, 0.25) is 0 Å². The Bertz CT molecular complexity index is 705. The van der Waals surface area contributed by atoms with Crippen molar-refractivity contribution in [2.24, 2.45) is 0 Å². The number of imide groups is 2. The summed E-state index contributed by atoms with van der Waals surface area (Å²) in [4.78, 5) is 35.8. The van der Waals surface area contributed by atoms with Crippen molar-refractivity contribution >= 4 is 17.8 Å². The number of allylic oxidation sites excluding steroid dienone is 8. The molecular formula is C37H64N2O3. The third-order valence-electron chi connectivity index (χ3n) is 7.21. The van der Waals surface area contributed by atoms with Gasteiger partial charge in [-0.05, 0) is 77.0 Å². The lowest BCUT2D eigenvalue weighted by Crippen LogP contribution is -2.42. The number of amides is 4. The van der Waals surface area contributed by atoms with Crippen LogP contribution in [0.15, 0.2) is 48.6 Å². The van der Waals surface area contributed by atoms with Gasteiger partial charge in [0.05, 0.1) is 0 Å². The van der Waals surface area contributed by atoms with Gasteiger partial charge in [-0.25, -0.2) is 4.79 Å². The fourth-order valence-electron chi connectivity index (χ4n) is 4.60. The van der Waals surface area contributed by atoms with Gasteiger partial charge >= 0.3 is 6.03 Å². The van der Waals surface area contributed by atoms with Crippen molar-refractivity contribution in [2.75, 3.05) is 0 Å². The fourth-order valence-corrected chi connectivity index (χ4v) is 4.60. The van der Waals surface area contributed by atoms with E-state index < -0.39 is 6.03 Å². The first-order valence-electron chi connectivity index (χ1n) is 17.3. The molecule has 0 radical (unpaired) electrons. The topological polar surface area (TPSA) is 75.3 Å². The van der Waals surface area contributed by atoms with E-state index in [-0.39, 0.29) is 11.8 Å². The van der Waals surface area contributed by atoms with Crippen molar-refractivity contribution in [3.63, 3.8) is 0 Å². The van der Waals surface area contributed by atoms with Gasteiger partial charge < -0.3 is 0 Å². The summed E-state index contributed by atoms with van der Waals surface area (Å²) < 4.78 is 0. The molecule has 0 fully saturated rings. The number of hydrogen-bond donors (Lipinski definition) is 2. The van der Waals surface area contributed by atoms with Gasteiger partial charge in [-0.15, -0.1) is 0 Å². The van der Waals surface area contributed by atoms with E-state index >= 15 is 0 Å². The molecule has 0 rings (SSSR count). The molecule has 0 heterocycles. The Morgan fingerprint density at radius 1 is 0.405 bits per heavy atom. The predicted molar refractivity (Wildman–Crippen MR) is 180 cm³/mol. The van der Waals surface area contributed by atoms with Gasteiger partial charge in [0.25, 0.3) is 0 Å². The molecule has 5 nitrogen and oxygen atoms in total. The molecule has 240 valence electrons. The van der Waals surface area contributed by atoms with Gasteiger partial charge in [0.2, 0.25) is 11.8 Å². The second kappa shape index (κ2) is 33.1. The molecule has 0 saturated heterocycles. The number of hydrogen-bond acceptors (Lipinski definition) is 3. The molecule has 0 saturated carbocycles. The third kappa shape index (κ3) is 32.1. The molecule has 2 N–H and O–H groups in total. The molecule has 0 aromatic heterocycles. The zero-order valence-corrected chi connectivity index (χ0v) is 27.3. The largest absolute Gasteiger partial charge is 0.328 e. The Labute approximate surface area is 259 Å². The van der Waals surface area contributed by atoms with E-state index in [1.807, 2.05) is 0 Å². The highest BCUT2D eigenvalue weighted by Gasteiger charge is 2.10. The maximum Gasteiger partial charge on any atom is 0.328 e. The number of rotatable bonds is 28. The Hall–Kier alpha value is -2.43. The summed E-state index contributed by atoms with van der Waals surface area (Å²) in [6.45, 7) is 4.46. The van der Waals surface area contributed by atoms with Crippen LogP contribution in [0.4, 0.5) is 4.79 Å². The summed E-state index contributed by atoms with van der Waals surface area (Å²) in [5.74, 6) is -0.633. The molecular weight excluding hydrogens is 520 g/mol. The average molecular weight is 585 g/mol. The Balaban J connectivity index is 3.55. The fraction of sp³-hybridized carbons (Fsp3) is 0.703. The molecule has 0 unspecified atom stereocenters. The average Bonchev–Trinajstić information content (AvgIpc) is 2.97. The summed E-state index contributed by atoms with van der Waals surface area (Å²) in [6.07, 6.45) is 43.5. The van der Waals surface area contributed by atoms with Gasteiger partial charge in [-0.2, -0.15) is 0 Å². The summed E-state index contributed by atoms with van der Waals surface area (Å²) in [7, 11) is 0. The summed E-state index contributed by atoms with van der Waals surface area (Å²) in [6, 6.07) is -0.699. The lowest BCUT2D eigenvalue weighted by Gasteiger charge is -2.06. The lowest BCUT2D eigenvalue weighted by molar-refractivity contribution is -0.120. The van der Waals surface area contributed by atoms with Crippen molar-refractivity contribution in [1.82, 2.24) is 10.6 Å². The van der Waals surface area contributed by atoms with Crippen LogP contribution in [0.3, 0.4) is 0 Å². The van der Waals surface area contributed by atoms with E-state index in [9.17, 15) is 14.4 Å². The van der Waals surface area contributed by atoms with Crippen LogP contribution in [-0.2, 0) is 9.59 Å². The highest BCUT2D eigenvalue weighted by molar-refractivity contribution is 6.01. The van der Waals surface area contributed by atoms with Crippen LogP contribution >= 0.6 is 0 Å². The minimum Gasteiger partial charge on any atom is -0.278 e. The van der Waals surface area contributed by atoms with E-state index in [1.54, 1.807) is 0 Å². The molecule has 0 atom stereocenters. The zero-order valence-electron chi connectivity index (χ0n) is 27.3. The minimum absolute atomic E-state index is 0.317. The maximum atomic E-state index is 12.0. The summed E-state index contributed by atoms with van der Waals surface area (Å²) in [5.41, 5.74) is 0. The first-order chi connectivity index (χ1) is 20.6. The number of urea groups is 1. The molecule has 0 bridgehead atoms. The lowest BCUT2D eigenvalue weighted by atomic mass is 10.1. The Morgan fingerprint density at radius 2 is 0.714 bits per heavy atom. The third-order valence-corrected chi connectivity index (χ3v) is 7.21. The van der Waals surface area contributed by atoms with E-state index in [0.717, 1.165) is 77.0 Å². The highest BCUT2D eigenvalue weighted by atomic mass is 16.2. The second-order valence-electron chi connectivity index (χ2n) is 11.4. The molecule has 42 heavy (non-hydrogen) atoms. The zero-order chi connectivity index (χ0) is 30.8. The van der Waals surface area contributed by atoms with Gasteiger partial charge in [0.1, 0.15) is 0 Å². The standard InChI is InChI=1S/C37H64N2O3/c1-3-5-7-9-11-13-15-17-19-21-23-25-27-29-31-33-35(40)38-37(42)39-36(41)34-32-30-28-26-24-22-20-18-16-14-12-10-8-6-4-2/h11-14,17-20H,3-10,15-16,21-34H2,1-2H3,(H2,38,39,40,41,42)/b13-11-,14-12-,19-17-,20-18-. The van der Waals surface area contributed by atoms with E-state index in [0.29, 0.717) is 12.8 Å². The van der Waals surface area contributed by atoms with Gasteiger partial charge in [0.15, 0.2) is 0 Å². The number of nitrogens with one attached hydrogen (secondary N) is 2. The number of carbonyl (C=O) groups excluding carboxylic acids is 3. The molecule has 0 aliphatic carbocycles. The Morgan fingerprint density at radius 3 is 1.07 bits per heavy atom. The smallest absolute Gasteiger partial charge is 0.278 e. The van der Waals surface area contributed by atoms with E-state index in [1.165, 1.54) is 64.2 Å². The quantitative estimate of drug-likeness (QED) is 0.0709. The molecule has 0 spiro atoms. The molecule has 0 aromatic rings. The van der Waals surface area contributed by atoms with Crippen LogP contribution in [0.25, 0.3) is 0 Å². The SMILES string of the molecule is CCCCC/C=C\C/C=C\CCCCCCCC(=O)NC(=O)NC(=O)CCCCCCC/C=C\C/C=C\CCCCC. The monoisotopic (exact) mass is 584 g/mol. The van der Waals surface area contributed by atoms with Crippen LogP contribution in [-0.4, -0.2) is 17.8 Å². The first kappa shape index (κ1) is 39.6. The molecule has 0 aliphatic heterocycles. The van der Waals surface area contributed by atoms with E-state index in [4.69, 9.17) is 0 Å². The van der Waals surface area contributed by atoms with Crippen molar-refractivity contribution in [2.45, 2.75) is 168 Å². The first-order valence-corrected chi connectivity index (χ1v) is 17.3. The predicted octanol–water partition coefficient (Wildman–Crippen LogP) is 11.0. The highest BCUT2D eigenvalue weighted by Crippen LogP contribution is 2.09. The number of unbranched alkanes of at least 4 members (excludes halogenated alkanes) is 16. The number of carbonyl (C=O) groups is 3. The van der Waals surface area contributed by atoms with Crippen molar-refractivity contribution in [3.8, 4) is 0 Å². The molecule has 0 aromatic carbocycles. The Kier molecular flexibility index (Phi) is 31.2. The van der Waals surface area contributed by atoms with Crippen molar-refractivity contribution in [3.05, 3.63) is 48.6 Å². The minimum atomic E-state index is -0.699. The molecule has 0 aliphatic rings. The van der Waals surface area contributed by atoms with Crippen LogP contribution in [0, 0.1) is 0 Å². The molecule has 4 amide bonds. The van der Waals surface area contributed by atoms with Gasteiger partial charge in [-0.3, -0.25) is 20.2 Å². The van der Waals surface area contributed by atoms with E-state index in [2.05, 4.69) is 73.1 Å². The summed E-state index contributed by atoms with van der Waals surface area (Å²) in [5, 5.41) is 4.56. The van der Waals surface area contributed by atoms with Crippen molar-refractivity contribution < 1.29 is 14.4 Å². The van der Waals surface area contributed by atoms with Crippen LogP contribution in [0.1, 0.15) is 168 Å². The van der Waals surface area contributed by atoms with Crippen LogP contribution < -0.4 is 10.6 Å². The molecule has 5 heteroatoms. The van der Waals surface area contributed by atoms with Gasteiger partial charge in [-0.1, -0.05) is 127 Å². The van der Waals surface area contributed by atoms with Gasteiger partial charge in [0, 0.05) is 12.8 Å². The normalized spacial score (nSPS) is 11.9. The van der Waals surface area contributed by atoms with Crippen LogP contribution in [0.5, 0.6) is 0 Å². The second-order valence-corrected chi connectivity index (χ2v) is 11.4.